The van der Waals surface area contributed by atoms with E-state index in [1.165, 1.54) is 0 Å². The van der Waals surface area contributed by atoms with Crippen LogP contribution in [-0.4, -0.2) is 299 Å². The number of rotatable bonds is 0. The second-order valence-electron chi connectivity index (χ2n) is 4.18. The van der Waals surface area contributed by atoms with Gasteiger partial charge in [-0.1, -0.05) is 0 Å². The fraction of sp³-hybridized carbons (Fsp3) is 0. The Morgan fingerprint density at radius 2 is 0.188 bits per heavy atom. The average Bonchev–Trinajstić information content (AvgIpc) is 2.55. The molecule has 0 aromatic rings. The molecule has 0 saturated heterocycles. The second-order valence-corrected chi connectivity index (χ2v) is 12.5. The van der Waals surface area contributed by atoms with Gasteiger partial charge < -0.3 is 200 Å². The SMILES string of the molecule is O=P([O-])([O-])[O-].O=P([O-])([O-])[O-].O=P([O-])([O-])[O-].O=P([O-])([O-])[O-].O=P([O-])([O-])[O-].O=P([O-])([O-])[O-].O=[Si]([O-])[O-].O=[Si]([O-])[O-].O=[Si]([O-])[O-].O=[Si]([O-])[O-].O=[Si]([O-])[O-].O=[Si]([O-])[O-].[Ba+2].[Ba+2].[Ba+2].[Ba+2].[Ba+2].[Zr+4].[Zr+4].[Zr+4].[Zr+4].[Zr+4]. The molecule has 0 aliphatic rings. The largest absolute Gasteiger partial charge is 4.00 e. The van der Waals surface area contributed by atoms with E-state index in [1.807, 2.05) is 0 Å². The molecule has 0 spiro atoms. The van der Waals surface area contributed by atoms with Crippen LogP contribution in [0.1, 0.15) is 0 Å². The van der Waals surface area contributed by atoms with Crippen LogP contribution in [0, 0.1) is 0 Å². The third-order valence-corrected chi connectivity index (χ3v) is 0. The van der Waals surface area contributed by atoms with Crippen LogP contribution in [0.25, 0.3) is 0 Å². The molecule has 0 N–H and O–H groups in total. The molecule has 0 unspecified atom stereocenters. The molecule has 0 heterocycles. The first-order valence-electron chi connectivity index (χ1n) is 8.06. The molecule has 0 rings (SSSR count). The van der Waals surface area contributed by atoms with Gasteiger partial charge in [-0.05, 0) is 0 Å². The Kier molecular flexibility index (Phi) is 212. The Hall–Kier alpha value is 10.6. The van der Waals surface area contributed by atoms with Crippen molar-refractivity contribution in [2.24, 2.45) is 0 Å². The Bertz CT molecular complexity index is 950. The fourth-order valence-corrected chi connectivity index (χ4v) is 0. The van der Waals surface area contributed by atoms with Crippen LogP contribution in [0.5, 0.6) is 0 Å². The zero-order chi connectivity index (χ0) is 48.5. The van der Waals surface area contributed by atoms with Crippen molar-refractivity contribution in [3.05, 3.63) is 0 Å². The summed E-state index contributed by atoms with van der Waals surface area (Å²) in [6, 6.07) is 0. The summed E-state index contributed by atoms with van der Waals surface area (Å²) in [5.74, 6) is 0. The van der Waals surface area contributed by atoms with E-state index in [9.17, 15) is 0 Å². The summed E-state index contributed by atoms with van der Waals surface area (Å²) in [6.45, 7) is 0. The molecule has 64 heavy (non-hydrogen) atoms. The van der Waals surface area contributed by atoms with Gasteiger partial charge in [-0.2, -0.15) is 46.9 Å². The summed E-state index contributed by atoms with van der Waals surface area (Å²) in [7, 11) is -54.1. The van der Waals surface area contributed by atoms with Crippen LogP contribution in [0.15, 0.2) is 0 Å². The topological polar surface area (TPSA) is 897 Å². The molecule has 0 aliphatic heterocycles. The Morgan fingerprint density at radius 3 is 0.188 bits per heavy atom. The predicted octanol–water partition coefficient (Wildman–Crippen LogP) is -36.1. The van der Waals surface area contributed by atoms with Gasteiger partial charge in [0.2, 0.25) is 0 Å². The van der Waals surface area contributed by atoms with Crippen molar-refractivity contribution in [2.75, 3.05) is 0 Å². The van der Waals surface area contributed by atoms with Crippen molar-refractivity contribution < 1.29 is 331 Å². The molecule has 0 atom stereocenters. The first-order valence-corrected chi connectivity index (χ1v) is 24.2. The van der Waals surface area contributed by atoms with Crippen molar-refractivity contribution >= 4 is 346 Å². The van der Waals surface area contributed by atoms with E-state index in [0.29, 0.717) is 0 Å². The number of hydrogen-bond donors (Lipinski definition) is 0. The minimum absolute atomic E-state index is 0. The molecular weight excluding hydrogens is 2170 g/mol. The maximum Gasteiger partial charge on any atom is 4.00 e. The number of phosphoric acid groups is 6. The molecule has 0 aromatic heterocycles. The quantitative estimate of drug-likeness (QED) is 0.160. The van der Waals surface area contributed by atoms with Gasteiger partial charge in [0.15, 0.2) is 0 Å². The molecule has 0 saturated carbocycles. The van der Waals surface area contributed by atoms with Gasteiger partial charge in [-0.25, -0.2) is 0 Å². The summed E-state index contributed by atoms with van der Waals surface area (Å²) in [6.07, 6.45) is 0. The van der Waals surface area contributed by atoms with Crippen LogP contribution in [-0.2, 0) is 185 Å². The van der Waals surface area contributed by atoms with Crippen molar-refractivity contribution in [1.29, 1.82) is 0 Å². The van der Waals surface area contributed by atoms with Crippen molar-refractivity contribution in [3.8, 4) is 0 Å². The smallest absolute Gasteiger partial charge is 0.822 e. The summed E-state index contributed by atoms with van der Waals surface area (Å²) < 4.78 is 102. The average molecular weight is 2170 g/mol. The molecule has 0 radical (unpaired) electrons. The van der Waals surface area contributed by atoms with Gasteiger partial charge >= 0.3 is 375 Å². The van der Waals surface area contributed by atoms with Crippen LogP contribution in [0.4, 0.5) is 0 Å². The molecule has 0 aromatic carbocycles. The third kappa shape index (κ3) is 3300. The van der Waals surface area contributed by atoms with Gasteiger partial charge in [0, 0.05) is 55.0 Å². The van der Waals surface area contributed by atoms with Gasteiger partial charge in [-0.3, -0.25) is 0 Å². The van der Waals surface area contributed by atoms with E-state index in [4.69, 9.17) is 200 Å². The van der Waals surface area contributed by atoms with E-state index < -0.39 is 102 Å². The minimum Gasteiger partial charge on any atom is -0.822 e. The molecule has 0 amide bonds. The van der Waals surface area contributed by atoms with E-state index in [2.05, 4.69) is 0 Å². The predicted molar refractivity (Wildman–Crippen MR) is 113 cm³/mol. The van der Waals surface area contributed by atoms with E-state index in [0.717, 1.165) is 0 Å². The van der Waals surface area contributed by atoms with Crippen LogP contribution in [0.2, 0.25) is 0 Å². The van der Waals surface area contributed by atoms with E-state index in [1.54, 1.807) is 0 Å². The zero-order valence-corrected chi connectivity index (χ0v) is 74.7. The fourth-order valence-electron chi connectivity index (χ4n) is 0. The van der Waals surface area contributed by atoms with Crippen molar-refractivity contribution in [2.45, 2.75) is 0 Å². The minimum atomic E-state index is -5.39. The molecule has 64 heteroatoms. The summed E-state index contributed by atoms with van der Waals surface area (Å²) in [5.41, 5.74) is 0. The van der Waals surface area contributed by atoms with Crippen molar-refractivity contribution in [1.82, 2.24) is 0 Å². The summed E-state index contributed by atoms with van der Waals surface area (Å²) >= 11 is 0. The second kappa shape index (κ2) is 93.0. The molecule has 42 nitrogen and oxygen atoms in total. The Labute approximate surface area is 660 Å². The zero-order valence-electron chi connectivity index (χ0n) is 28.9. The van der Waals surface area contributed by atoms with Gasteiger partial charge in [0.05, 0.1) is 0 Å². The van der Waals surface area contributed by atoms with Crippen LogP contribution < -0.4 is 146 Å². The maximum absolute atomic E-state index is 8.55. The van der Waals surface area contributed by atoms with Crippen LogP contribution in [0.3, 0.4) is 0 Å². The van der Waals surface area contributed by atoms with Crippen LogP contribution >= 0.6 is 46.9 Å². The first-order chi connectivity index (χ1) is 22.4. The molecule has 0 aliphatic carbocycles. The Balaban J connectivity index is -0.0000000148. The Morgan fingerprint density at radius 1 is 0.188 bits per heavy atom. The maximum atomic E-state index is 8.55. The monoisotopic (exact) mass is 2160 g/mol. The molecule has 0 fully saturated rings. The van der Waals surface area contributed by atoms with Gasteiger partial charge in [0.25, 0.3) is 0 Å². The third-order valence-electron chi connectivity index (χ3n) is 0. The molecular formula is Ba5O42P6Si6Zr5. The molecule has 336 valence electrons. The summed E-state index contributed by atoms with van der Waals surface area (Å²) in [5, 5.41) is 0. The van der Waals surface area contributed by atoms with Gasteiger partial charge in [0.1, 0.15) is 0 Å². The first kappa shape index (κ1) is 146. The number of hydrogen-bond acceptors (Lipinski definition) is 42. The van der Waals surface area contributed by atoms with E-state index in [-0.39, 0.29) is 375 Å². The van der Waals surface area contributed by atoms with E-state index >= 15 is 0 Å². The standard InChI is InChI=1S/5Ba.6H3O4P.6O3Si.5Zr/c;;;;;6*1-5(2,3)4;6*1-4(2)3;;;;;/h;;;;;6*(H3,1,2,3,4);;;;;;;;;;;/q5*+2;;;;;;;6*-2;5*+4/p-18. The molecule has 0 bridgehead atoms. The summed E-state index contributed by atoms with van der Waals surface area (Å²) in [4.78, 5) is 256. The normalized spacial score (nSPS) is 7.78. The van der Waals surface area contributed by atoms with Crippen molar-refractivity contribution in [3.63, 3.8) is 0 Å². The van der Waals surface area contributed by atoms with Gasteiger partial charge in [-0.15, -0.1) is 0 Å².